The standard InChI is InChI=1S/C8H10ClN3/c9-7-2-1-3-8(6-7)12(11)5-4-10/h1-6H,10-11H2/b5-4-. The van der Waals surface area contributed by atoms with E-state index in [1.807, 2.05) is 12.1 Å². The third-order valence-electron chi connectivity index (χ3n) is 1.35. The lowest BCUT2D eigenvalue weighted by atomic mass is 10.3. The summed E-state index contributed by atoms with van der Waals surface area (Å²) in [4.78, 5) is 0. The van der Waals surface area contributed by atoms with Gasteiger partial charge in [0, 0.05) is 17.4 Å². The molecule has 0 saturated carbocycles. The molecule has 1 aromatic carbocycles. The molecule has 0 heterocycles. The van der Waals surface area contributed by atoms with Gasteiger partial charge in [-0.1, -0.05) is 17.7 Å². The lowest BCUT2D eigenvalue weighted by Gasteiger charge is -2.12. The molecule has 0 unspecified atom stereocenters. The van der Waals surface area contributed by atoms with Crippen molar-refractivity contribution in [3.63, 3.8) is 0 Å². The SMILES string of the molecule is N/C=C\N(N)c1cccc(Cl)c1. The maximum absolute atomic E-state index is 5.75. The van der Waals surface area contributed by atoms with Crippen LogP contribution in [0.1, 0.15) is 0 Å². The number of halogens is 1. The minimum Gasteiger partial charge on any atom is -0.403 e. The smallest absolute Gasteiger partial charge is 0.0583 e. The van der Waals surface area contributed by atoms with Gasteiger partial charge in [0.25, 0.3) is 0 Å². The van der Waals surface area contributed by atoms with Gasteiger partial charge in [-0.3, -0.25) is 5.01 Å². The number of hydrogen-bond acceptors (Lipinski definition) is 3. The van der Waals surface area contributed by atoms with Crippen LogP contribution in [0.15, 0.2) is 36.7 Å². The first-order valence-electron chi connectivity index (χ1n) is 3.42. The molecule has 0 atom stereocenters. The number of hydrazine groups is 1. The van der Waals surface area contributed by atoms with E-state index in [4.69, 9.17) is 23.2 Å². The fourth-order valence-electron chi connectivity index (χ4n) is 0.816. The van der Waals surface area contributed by atoms with Gasteiger partial charge in [0.15, 0.2) is 0 Å². The molecule has 0 radical (unpaired) electrons. The predicted molar refractivity (Wildman–Crippen MR) is 51.4 cm³/mol. The lowest BCUT2D eigenvalue weighted by molar-refractivity contribution is 1.07. The zero-order chi connectivity index (χ0) is 8.97. The van der Waals surface area contributed by atoms with Crippen molar-refractivity contribution in [2.24, 2.45) is 11.6 Å². The normalized spacial score (nSPS) is 10.5. The van der Waals surface area contributed by atoms with E-state index >= 15 is 0 Å². The maximum atomic E-state index is 5.75. The van der Waals surface area contributed by atoms with Crippen LogP contribution in [0.2, 0.25) is 5.02 Å². The van der Waals surface area contributed by atoms with E-state index < -0.39 is 0 Å². The molecule has 3 nitrogen and oxygen atoms in total. The van der Waals surface area contributed by atoms with E-state index in [0.29, 0.717) is 5.02 Å². The number of benzene rings is 1. The molecule has 0 spiro atoms. The molecule has 0 aliphatic rings. The van der Waals surface area contributed by atoms with Crippen molar-refractivity contribution in [1.82, 2.24) is 0 Å². The van der Waals surface area contributed by atoms with E-state index in [1.54, 1.807) is 18.3 Å². The Morgan fingerprint density at radius 2 is 2.17 bits per heavy atom. The fourth-order valence-corrected chi connectivity index (χ4v) is 1.00. The second-order valence-electron chi connectivity index (χ2n) is 2.23. The molecule has 0 aliphatic carbocycles. The van der Waals surface area contributed by atoms with Crippen molar-refractivity contribution in [1.29, 1.82) is 0 Å². The third kappa shape index (κ3) is 2.15. The van der Waals surface area contributed by atoms with Crippen molar-refractivity contribution >= 4 is 17.3 Å². The van der Waals surface area contributed by atoms with Crippen LogP contribution in [0, 0.1) is 0 Å². The highest BCUT2D eigenvalue weighted by molar-refractivity contribution is 6.30. The lowest BCUT2D eigenvalue weighted by Crippen LogP contribution is -2.24. The van der Waals surface area contributed by atoms with Gasteiger partial charge in [0.05, 0.1) is 5.69 Å². The zero-order valence-electron chi connectivity index (χ0n) is 6.44. The largest absolute Gasteiger partial charge is 0.403 e. The Balaban J connectivity index is 2.87. The van der Waals surface area contributed by atoms with Crippen molar-refractivity contribution in [2.75, 3.05) is 5.01 Å². The topological polar surface area (TPSA) is 55.3 Å². The average molecular weight is 184 g/mol. The van der Waals surface area contributed by atoms with Crippen LogP contribution in [0.5, 0.6) is 0 Å². The monoisotopic (exact) mass is 183 g/mol. The summed E-state index contributed by atoms with van der Waals surface area (Å²) in [5, 5.41) is 2.04. The van der Waals surface area contributed by atoms with E-state index in [0.717, 1.165) is 5.69 Å². The number of rotatable bonds is 2. The van der Waals surface area contributed by atoms with E-state index in [-0.39, 0.29) is 0 Å². The second-order valence-corrected chi connectivity index (χ2v) is 2.67. The summed E-state index contributed by atoms with van der Waals surface area (Å²) in [6.45, 7) is 0. The second kappa shape index (κ2) is 3.99. The third-order valence-corrected chi connectivity index (χ3v) is 1.59. The summed E-state index contributed by atoms with van der Waals surface area (Å²) in [6, 6.07) is 7.19. The van der Waals surface area contributed by atoms with Gasteiger partial charge < -0.3 is 5.73 Å². The molecule has 0 aromatic heterocycles. The van der Waals surface area contributed by atoms with Gasteiger partial charge in [-0.15, -0.1) is 0 Å². The average Bonchev–Trinajstić information content (AvgIpc) is 2.05. The Morgan fingerprint density at radius 1 is 1.42 bits per heavy atom. The van der Waals surface area contributed by atoms with Crippen LogP contribution in [0.3, 0.4) is 0 Å². The molecular formula is C8H10ClN3. The van der Waals surface area contributed by atoms with Gasteiger partial charge in [0.2, 0.25) is 0 Å². The highest BCUT2D eigenvalue weighted by Crippen LogP contribution is 2.16. The van der Waals surface area contributed by atoms with E-state index in [9.17, 15) is 0 Å². The van der Waals surface area contributed by atoms with Crippen LogP contribution in [0.25, 0.3) is 0 Å². The number of nitrogens with two attached hydrogens (primary N) is 2. The van der Waals surface area contributed by atoms with Crippen molar-refractivity contribution < 1.29 is 0 Å². The molecular weight excluding hydrogens is 174 g/mol. The van der Waals surface area contributed by atoms with Crippen LogP contribution < -0.4 is 16.6 Å². The van der Waals surface area contributed by atoms with E-state index in [1.165, 1.54) is 11.2 Å². The molecule has 0 fully saturated rings. The van der Waals surface area contributed by atoms with Crippen LogP contribution in [-0.2, 0) is 0 Å². The van der Waals surface area contributed by atoms with Crippen LogP contribution in [-0.4, -0.2) is 0 Å². The first-order valence-corrected chi connectivity index (χ1v) is 3.79. The van der Waals surface area contributed by atoms with Crippen LogP contribution in [0.4, 0.5) is 5.69 Å². The Kier molecular flexibility index (Phi) is 2.96. The summed E-state index contributed by atoms with van der Waals surface area (Å²) < 4.78 is 0. The molecule has 12 heavy (non-hydrogen) atoms. The summed E-state index contributed by atoms with van der Waals surface area (Å²) in [6.07, 6.45) is 2.91. The maximum Gasteiger partial charge on any atom is 0.0583 e. The molecule has 0 amide bonds. The minimum absolute atomic E-state index is 0.647. The van der Waals surface area contributed by atoms with Crippen molar-refractivity contribution in [3.8, 4) is 0 Å². The number of nitrogens with zero attached hydrogens (tertiary/aromatic N) is 1. The highest BCUT2D eigenvalue weighted by atomic mass is 35.5. The molecule has 1 aromatic rings. The number of hydrogen-bond donors (Lipinski definition) is 2. The van der Waals surface area contributed by atoms with Gasteiger partial charge in [-0.2, -0.15) is 0 Å². The highest BCUT2D eigenvalue weighted by Gasteiger charge is 1.96. The molecule has 0 saturated heterocycles. The molecule has 64 valence electrons. The van der Waals surface area contributed by atoms with Gasteiger partial charge in [0.1, 0.15) is 0 Å². The van der Waals surface area contributed by atoms with Gasteiger partial charge in [-0.05, 0) is 18.2 Å². The quantitative estimate of drug-likeness (QED) is 0.539. The minimum atomic E-state index is 0.647. The Bertz CT molecular complexity index is 285. The Morgan fingerprint density at radius 3 is 2.75 bits per heavy atom. The summed E-state index contributed by atoms with van der Waals surface area (Å²) in [7, 11) is 0. The Hall–Kier alpha value is -1.19. The molecule has 1 rings (SSSR count). The van der Waals surface area contributed by atoms with Gasteiger partial charge in [-0.25, -0.2) is 5.84 Å². The van der Waals surface area contributed by atoms with Gasteiger partial charge >= 0.3 is 0 Å². The first-order chi connectivity index (χ1) is 5.74. The van der Waals surface area contributed by atoms with Crippen LogP contribution >= 0.6 is 11.6 Å². The number of anilines is 1. The van der Waals surface area contributed by atoms with E-state index in [2.05, 4.69) is 0 Å². The fraction of sp³-hybridized carbons (Fsp3) is 0. The Labute approximate surface area is 76.2 Å². The predicted octanol–water partition coefficient (Wildman–Crippen LogP) is 1.45. The van der Waals surface area contributed by atoms with Crippen molar-refractivity contribution in [2.45, 2.75) is 0 Å². The summed E-state index contributed by atoms with van der Waals surface area (Å²) >= 11 is 5.75. The molecule has 4 N–H and O–H groups in total. The summed E-state index contributed by atoms with van der Waals surface area (Å²) in [5.74, 6) is 5.58. The molecule has 0 bridgehead atoms. The van der Waals surface area contributed by atoms with Crippen molar-refractivity contribution in [3.05, 3.63) is 41.7 Å². The molecule has 4 heteroatoms. The first kappa shape index (κ1) is 8.90. The molecule has 0 aliphatic heterocycles. The zero-order valence-corrected chi connectivity index (χ0v) is 7.20. The summed E-state index contributed by atoms with van der Waals surface area (Å²) in [5.41, 5.74) is 5.97.